The fourth-order valence-corrected chi connectivity index (χ4v) is 4.35. The number of halogens is 2. The fraction of sp³-hybridized carbons (Fsp3) is 0.444. The van der Waals surface area contributed by atoms with Gasteiger partial charge >= 0.3 is 0 Å². The molecule has 0 N–H and O–H groups in total. The maximum atomic E-state index is 14.1. The highest BCUT2D eigenvalue weighted by Crippen LogP contribution is 2.32. The van der Waals surface area contributed by atoms with Crippen LogP contribution >= 0.6 is 11.3 Å². The molecule has 0 spiro atoms. The Balaban J connectivity index is 1.70. The summed E-state index contributed by atoms with van der Waals surface area (Å²) in [5.74, 6) is -0.654. The normalized spacial score (nSPS) is 13.5. The number of benzene rings is 1. The lowest BCUT2D eigenvalue weighted by Gasteiger charge is -2.20. The molecule has 28 heavy (non-hydrogen) atoms. The van der Waals surface area contributed by atoms with E-state index in [-0.39, 0.29) is 17.2 Å². The van der Waals surface area contributed by atoms with Crippen molar-refractivity contribution in [2.45, 2.75) is 25.8 Å². The molecule has 1 aromatic carbocycles. The minimum Gasteiger partial charge on any atom is -0.309 e. The Labute approximate surface area is 164 Å². The van der Waals surface area contributed by atoms with E-state index in [2.05, 4.69) is 15.2 Å². The SMILES string of the molecule is CN(C)CCCN(C(=O)c1nnc2n1CCC2)c1nc2c(F)cc(F)cc2s1. The molecule has 4 rings (SSSR count). The Morgan fingerprint density at radius 2 is 2.07 bits per heavy atom. The third kappa shape index (κ3) is 3.49. The molecule has 10 heteroatoms. The van der Waals surface area contributed by atoms with Crippen molar-refractivity contribution in [3.8, 4) is 0 Å². The molecule has 7 nitrogen and oxygen atoms in total. The van der Waals surface area contributed by atoms with Crippen molar-refractivity contribution in [3.63, 3.8) is 0 Å². The van der Waals surface area contributed by atoms with Crippen LogP contribution in [0, 0.1) is 11.6 Å². The molecule has 1 aliphatic rings. The number of hydrogen-bond donors (Lipinski definition) is 0. The second-order valence-electron chi connectivity index (χ2n) is 7.04. The third-order valence-corrected chi connectivity index (χ3v) is 5.69. The summed E-state index contributed by atoms with van der Waals surface area (Å²) in [4.78, 5) is 21.1. The standard InChI is InChI=1S/C18H20F2N6OS/c1-24(2)6-4-8-26(17(27)16-23-22-14-5-3-7-25(14)16)18-21-15-12(20)9-11(19)10-13(15)28-18/h9-10H,3-8H2,1-2H3. The Hall–Kier alpha value is -2.46. The number of carbonyl (C=O) groups is 1. The van der Waals surface area contributed by atoms with Gasteiger partial charge in [0.25, 0.3) is 5.91 Å². The maximum Gasteiger partial charge on any atom is 0.298 e. The Morgan fingerprint density at radius 1 is 1.25 bits per heavy atom. The van der Waals surface area contributed by atoms with Crippen LogP contribution in [0.1, 0.15) is 29.3 Å². The van der Waals surface area contributed by atoms with Gasteiger partial charge in [-0.2, -0.15) is 0 Å². The molecule has 0 saturated carbocycles. The van der Waals surface area contributed by atoms with Crippen molar-refractivity contribution in [2.75, 3.05) is 32.1 Å². The number of anilines is 1. The molecule has 0 unspecified atom stereocenters. The van der Waals surface area contributed by atoms with Crippen molar-refractivity contribution in [2.24, 2.45) is 0 Å². The third-order valence-electron chi connectivity index (χ3n) is 4.67. The lowest BCUT2D eigenvalue weighted by molar-refractivity contribution is 0.0971. The van der Waals surface area contributed by atoms with Gasteiger partial charge in [0.1, 0.15) is 17.2 Å². The van der Waals surface area contributed by atoms with E-state index in [9.17, 15) is 13.6 Å². The van der Waals surface area contributed by atoms with Crippen molar-refractivity contribution in [3.05, 3.63) is 35.4 Å². The largest absolute Gasteiger partial charge is 0.309 e. The van der Waals surface area contributed by atoms with Gasteiger partial charge in [-0.15, -0.1) is 10.2 Å². The highest BCUT2D eigenvalue weighted by molar-refractivity contribution is 7.22. The molecule has 0 atom stereocenters. The average Bonchev–Trinajstić information content (AvgIpc) is 3.32. The van der Waals surface area contributed by atoms with Crippen LogP contribution in [0.3, 0.4) is 0 Å². The second kappa shape index (κ2) is 7.51. The number of fused-ring (bicyclic) bond motifs is 2. The lowest BCUT2D eigenvalue weighted by atomic mass is 10.3. The summed E-state index contributed by atoms with van der Waals surface area (Å²) in [5, 5.41) is 8.50. The zero-order valence-corrected chi connectivity index (χ0v) is 16.5. The summed E-state index contributed by atoms with van der Waals surface area (Å²) in [6, 6.07) is 2.03. The van der Waals surface area contributed by atoms with Crippen LogP contribution in [0.4, 0.5) is 13.9 Å². The van der Waals surface area contributed by atoms with E-state index in [1.165, 1.54) is 11.0 Å². The van der Waals surface area contributed by atoms with Gasteiger partial charge in [-0.3, -0.25) is 9.69 Å². The molecule has 0 bridgehead atoms. The minimum atomic E-state index is -0.735. The summed E-state index contributed by atoms with van der Waals surface area (Å²) in [6.45, 7) is 1.87. The molecule has 2 aromatic heterocycles. The number of thiazole rings is 1. The van der Waals surface area contributed by atoms with Crippen LogP contribution < -0.4 is 4.90 Å². The summed E-state index contributed by atoms with van der Waals surface area (Å²) < 4.78 is 29.9. The highest BCUT2D eigenvalue weighted by atomic mass is 32.1. The van der Waals surface area contributed by atoms with Gasteiger partial charge in [-0.1, -0.05) is 11.3 Å². The minimum absolute atomic E-state index is 0.0679. The number of aromatic nitrogens is 4. The zero-order valence-electron chi connectivity index (χ0n) is 15.7. The summed E-state index contributed by atoms with van der Waals surface area (Å²) >= 11 is 1.09. The number of hydrogen-bond acceptors (Lipinski definition) is 6. The van der Waals surface area contributed by atoms with E-state index in [0.29, 0.717) is 29.3 Å². The smallest absolute Gasteiger partial charge is 0.298 e. The van der Waals surface area contributed by atoms with Gasteiger partial charge in [-0.05, 0) is 39.5 Å². The van der Waals surface area contributed by atoms with Crippen molar-refractivity contribution in [1.29, 1.82) is 0 Å². The Morgan fingerprint density at radius 3 is 2.86 bits per heavy atom. The van der Waals surface area contributed by atoms with Gasteiger partial charge in [-0.25, -0.2) is 13.8 Å². The zero-order chi connectivity index (χ0) is 19.8. The van der Waals surface area contributed by atoms with Crippen LogP contribution in [0.25, 0.3) is 10.2 Å². The van der Waals surface area contributed by atoms with Crippen molar-refractivity contribution in [1.82, 2.24) is 24.6 Å². The molecular formula is C18H20F2N6OS. The van der Waals surface area contributed by atoms with Crippen LogP contribution in [-0.2, 0) is 13.0 Å². The first-order valence-electron chi connectivity index (χ1n) is 9.08. The monoisotopic (exact) mass is 406 g/mol. The summed E-state index contributed by atoms with van der Waals surface area (Å²) in [7, 11) is 3.90. The van der Waals surface area contributed by atoms with Crippen LogP contribution in [-0.4, -0.2) is 57.7 Å². The van der Waals surface area contributed by atoms with Gasteiger partial charge in [0.2, 0.25) is 5.82 Å². The van der Waals surface area contributed by atoms with Gasteiger partial charge < -0.3 is 9.47 Å². The van der Waals surface area contributed by atoms with Crippen molar-refractivity contribution < 1.29 is 13.6 Å². The summed E-state index contributed by atoms with van der Waals surface area (Å²) in [5.41, 5.74) is 0.0679. The number of amides is 1. The molecule has 0 saturated heterocycles. The number of rotatable bonds is 6. The van der Waals surface area contributed by atoms with Crippen LogP contribution in [0.2, 0.25) is 0 Å². The van der Waals surface area contributed by atoms with E-state index in [1.807, 2.05) is 23.6 Å². The topological polar surface area (TPSA) is 67.2 Å². The number of aryl methyl sites for hydroxylation is 1. The van der Waals surface area contributed by atoms with E-state index >= 15 is 0 Å². The number of carbonyl (C=O) groups excluding carboxylic acids is 1. The lowest BCUT2D eigenvalue weighted by Crippen LogP contribution is -2.35. The maximum absolute atomic E-state index is 14.1. The Kier molecular flexibility index (Phi) is 5.07. The first-order valence-corrected chi connectivity index (χ1v) is 9.90. The molecule has 148 valence electrons. The molecular weight excluding hydrogens is 386 g/mol. The van der Waals surface area contributed by atoms with Gasteiger partial charge in [0.05, 0.1) is 4.70 Å². The molecule has 3 heterocycles. The summed E-state index contributed by atoms with van der Waals surface area (Å²) in [6.07, 6.45) is 2.43. The quantitative estimate of drug-likeness (QED) is 0.630. The van der Waals surface area contributed by atoms with Crippen LogP contribution in [0.15, 0.2) is 12.1 Å². The first-order chi connectivity index (χ1) is 13.4. The molecule has 0 fully saturated rings. The molecule has 3 aromatic rings. The van der Waals surface area contributed by atoms with E-state index < -0.39 is 11.6 Å². The first kappa shape index (κ1) is 18.9. The molecule has 1 amide bonds. The highest BCUT2D eigenvalue weighted by Gasteiger charge is 2.29. The predicted molar refractivity (Wildman–Crippen MR) is 103 cm³/mol. The van der Waals surface area contributed by atoms with Crippen molar-refractivity contribution >= 4 is 32.6 Å². The molecule has 1 aliphatic heterocycles. The van der Waals surface area contributed by atoms with E-state index in [4.69, 9.17) is 0 Å². The molecule has 0 aliphatic carbocycles. The van der Waals surface area contributed by atoms with E-state index in [1.54, 1.807) is 0 Å². The van der Waals surface area contributed by atoms with Crippen LogP contribution in [0.5, 0.6) is 0 Å². The molecule has 0 radical (unpaired) electrons. The number of nitrogens with zero attached hydrogens (tertiary/aromatic N) is 6. The fourth-order valence-electron chi connectivity index (χ4n) is 3.32. The Bertz CT molecular complexity index is 1030. The average molecular weight is 406 g/mol. The second-order valence-corrected chi connectivity index (χ2v) is 8.05. The van der Waals surface area contributed by atoms with E-state index in [0.717, 1.165) is 42.6 Å². The van der Waals surface area contributed by atoms with Gasteiger partial charge in [0.15, 0.2) is 10.9 Å². The predicted octanol–water partition coefficient (Wildman–Crippen LogP) is 2.71. The van der Waals surface area contributed by atoms with Gasteiger partial charge in [0, 0.05) is 25.6 Å².